The summed E-state index contributed by atoms with van der Waals surface area (Å²) in [6.07, 6.45) is 7.03. The number of piperidine rings is 2. The molecule has 3 aliphatic heterocycles. The van der Waals surface area contributed by atoms with Gasteiger partial charge in [-0.2, -0.15) is 0 Å². The van der Waals surface area contributed by atoms with Crippen molar-refractivity contribution < 1.29 is 57.2 Å². The first kappa shape index (κ1) is 58.0. The Labute approximate surface area is 447 Å². The molecule has 0 saturated carbocycles. The smallest absolute Gasteiger partial charge is 0.329 e. The van der Waals surface area contributed by atoms with E-state index in [4.69, 9.17) is 23.7 Å². The van der Waals surface area contributed by atoms with Crippen LogP contribution in [0.25, 0.3) is 0 Å². The predicted molar refractivity (Wildman–Crippen MR) is 287 cm³/mol. The number of imide groups is 1. The number of Topliss-reactive ketones (excluding diaryl/α,β-unsaturated/α-hetero) is 1. The van der Waals surface area contributed by atoms with Crippen molar-refractivity contribution in [2.24, 2.45) is 0 Å². The van der Waals surface area contributed by atoms with Crippen LogP contribution in [0.1, 0.15) is 153 Å². The van der Waals surface area contributed by atoms with E-state index in [9.17, 15) is 33.6 Å². The highest BCUT2D eigenvalue weighted by atomic mass is 16.5. The number of hydrogen-bond donors (Lipinski definition) is 2. The van der Waals surface area contributed by atoms with Crippen molar-refractivity contribution in [1.29, 1.82) is 0 Å². The highest BCUT2D eigenvalue weighted by Crippen LogP contribution is 2.38. The lowest BCUT2D eigenvalue weighted by molar-refractivity contribution is -0.162. The Morgan fingerprint density at radius 2 is 1.58 bits per heavy atom. The largest absolute Gasteiger partial charge is 0.493 e. The number of hydrogen-bond acceptors (Lipinski definition) is 12. The summed E-state index contributed by atoms with van der Waals surface area (Å²) in [5.41, 5.74) is 7.23. The number of unbranched alkanes of at least 4 members (excludes halogenated alkanes) is 1. The molecule has 2 N–H and O–H groups in total. The van der Waals surface area contributed by atoms with E-state index in [1.165, 1.54) is 16.0 Å². The van der Waals surface area contributed by atoms with Gasteiger partial charge in [0.05, 0.1) is 26.7 Å². The van der Waals surface area contributed by atoms with Crippen LogP contribution in [0.5, 0.6) is 23.0 Å². The third-order valence-electron chi connectivity index (χ3n) is 14.3. The van der Waals surface area contributed by atoms with Gasteiger partial charge in [-0.1, -0.05) is 69.7 Å². The molecule has 3 heterocycles. The summed E-state index contributed by atoms with van der Waals surface area (Å²) >= 11 is 0. The number of carbonyl (C=O) groups is 7. The van der Waals surface area contributed by atoms with E-state index in [0.29, 0.717) is 85.7 Å². The molecule has 0 radical (unpaired) electrons. The van der Waals surface area contributed by atoms with Crippen LogP contribution in [0.3, 0.4) is 0 Å². The second kappa shape index (κ2) is 28.1. The molecule has 16 heteroatoms. The van der Waals surface area contributed by atoms with E-state index in [1.54, 1.807) is 43.4 Å². The Hall–Kier alpha value is -7.23. The maximum absolute atomic E-state index is 14.3. The van der Waals surface area contributed by atoms with Crippen LogP contribution in [0.2, 0.25) is 0 Å². The minimum absolute atomic E-state index is 0.00598. The number of fused-ring (bicyclic) bond motifs is 1. The van der Waals surface area contributed by atoms with Crippen LogP contribution in [-0.2, 0) is 46.5 Å². The minimum atomic E-state index is -0.697. The first-order chi connectivity index (χ1) is 36.6. The van der Waals surface area contributed by atoms with E-state index in [1.807, 2.05) is 51.1 Å². The number of amides is 5. The Morgan fingerprint density at radius 3 is 2.29 bits per heavy atom. The zero-order valence-electron chi connectivity index (χ0n) is 45.6. The maximum atomic E-state index is 14.3. The molecule has 408 valence electrons. The lowest BCUT2D eigenvalue weighted by atomic mass is 9.91. The summed E-state index contributed by atoms with van der Waals surface area (Å²) in [4.78, 5) is 91.7. The molecule has 4 atom stereocenters. The summed E-state index contributed by atoms with van der Waals surface area (Å²) in [6.45, 7) is 13.3. The average molecular weight is 1050 g/mol. The van der Waals surface area contributed by atoms with Crippen molar-refractivity contribution in [2.45, 2.75) is 149 Å². The van der Waals surface area contributed by atoms with Crippen LogP contribution in [-0.4, -0.2) is 104 Å². The Morgan fingerprint density at radius 1 is 0.789 bits per heavy atom. The van der Waals surface area contributed by atoms with Crippen LogP contribution in [0.4, 0.5) is 0 Å². The molecular formula is C60H76N4O12. The molecule has 4 aromatic carbocycles. The fraction of sp³-hybridized carbons (Fsp3) is 0.483. The fourth-order valence-corrected chi connectivity index (χ4v) is 9.96. The number of nitrogens with one attached hydrogen (secondary N) is 2. The average Bonchev–Trinajstić information content (AvgIpc) is 3.75. The van der Waals surface area contributed by atoms with Gasteiger partial charge in [0, 0.05) is 37.1 Å². The van der Waals surface area contributed by atoms with E-state index >= 15 is 0 Å². The summed E-state index contributed by atoms with van der Waals surface area (Å²) in [6, 6.07) is 21.4. The monoisotopic (exact) mass is 1040 g/mol. The summed E-state index contributed by atoms with van der Waals surface area (Å²) in [5, 5.41) is 5.15. The number of esters is 1. The number of methoxy groups -OCH3 is 2. The van der Waals surface area contributed by atoms with Gasteiger partial charge in [-0.25, -0.2) is 4.79 Å². The fourth-order valence-electron chi connectivity index (χ4n) is 9.96. The third-order valence-corrected chi connectivity index (χ3v) is 14.3. The molecule has 2 saturated heterocycles. The molecule has 0 spiro atoms. The van der Waals surface area contributed by atoms with Crippen LogP contribution in [0.15, 0.2) is 72.8 Å². The zero-order valence-corrected chi connectivity index (χ0v) is 45.6. The van der Waals surface area contributed by atoms with Gasteiger partial charge in [0.15, 0.2) is 23.9 Å². The molecule has 5 amide bonds. The lowest BCUT2D eigenvalue weighted by Gasteiger charge is -2.37. The van der Waals surface area contributed by atoms with Gasteiger partial charge in [-0.3, -0.25) is 34.1 Å². The number of carbonyl (C=O) groups excluding carboxylic acids is 7. The number of ketones is 1. The van der Waals surface area contributed by atoms with Crippen molar-refractivity contribution in [3.8, 4) is 23.0 Å². The van der Waals surface area contributed by atoms with E-state index < -0.39 is 36.0 Å². The molecule has 2 unspecified atom stereocenters. The maximum Gasteiger partial charge on any atom is 0.329 e. The topological polar surface area (TPSA) is 196 Å². The highest BCUT2D eigenvalue weighted by Gasteiger charge is 2.41. The number of nitrogens with zero attached hydrogens (tertiary/aromatic N) is 2. The molecule has 0 aliphatic carbocycles. The van der Waals surface area contributed by atoms with E-state index in [0.717, 1.165) is 54.4 Å². The molecule has 16 nitrogen and oxygen atoms in total. The quantitative estimate of drug-likeness (QED) is 0.0407. The highest BCUT2D eigenvalue weighted by molar-refractivity contribution is 6.05. The number of ether oxygens (including phenoxy) is 5. The number of benzene rings is 4. The molecule has 76 heavy (non-hydrogen) atoms. The SMILES string of the molecule is CCCC(=O)COc1cccc2c1CN(C1CCC(=O)NC1=O)C2=O.CCCCNC(=O)COc1cccc(C(CCc2ccc(C)c(C)c2)OC(=O)[C@@H]2CCCCN2C(=O)[C@@H](CC)c2cc(C)c(OC)c(OC)c2)c1. The van der Waals surface area contributed by atoms with Gasteiger partial charge in [0.2, 0.25) is 17.7 Å². The third kappa shape index (κ3) is 15.0. The van der Waals surface area contributed by atoms with Crippen LogP contribution < -0.4 is 29.6 Å². The Bertz CT molecular complexity index is 2720. The lowest BCUT2D eigenvalue weighted by Crippen LogP contribution is -2.52. The molecule has 0 aromatic heterocycles. The predicted octanol–water partition coefficient (Wildman–Crippen LogP) is 8.91. The van der Waals surface area contributed by atoms with Crippen LogP contribution in [0, 0.1) is 20.8 Å². The molecule has 3 aliphatic rings. The van der Waals surface area contributed by atoms with Crippen molar-refractivity contribution in [3.63, 3.8) is 0 Å². The number of likely N-dealkylation sites (tertiary alicyclic amines) is 1. The van der Waals surface area contributed by atoms with Gasteiger partial charge in [-0.05, 0) is 142 Å². The molecule has 4 aromatic rings. The molecule has 7 rings (SSSR count). The second-order valence-electron chi connectivity index (χ2n) is 19.8. The van der Waals surface area contributed by atoms with Crippen LogP contribution >= 0.6 is 0 Å². The van der Waals surface area contributed by atoms with Gasteiger partial charge in [0.1, 0.15) is 36.3 Å². The first-order valence-corrected chi connectivity index (χ1v) is 26.8. The van der Waals surface area contributed by atoms with Crippen molar-refractivity contribution in [2.75, 3.05) is 40.5 Å². The van der Waals surface area contributed by atoms with Gasteiger partial charge in [0.25, 0.3) is 11.8 Å². The van der Waals surface area contributed by atoms with E-state index in [2.05, 4.69) is 49.6 Å². The summed E-state index contributed by atoms with van der Waals surface area (Å²) in [5.74, 6) is 0.0813. The van der Waals surface area contributed by atoms with Crippen molar-refractivity contribution in [1.82, 2.24) is 20.4 Å². The van der Waals surface area contributed by atoms with Crippen molar-refractivity contribution in [3.05, 3.63) is 117 Å². The number of aryl methyl sites for hydroxylation is 4. The Kier molecular flexibility index (Phi) is 21.4. The molecular weight excluding hydrogens is 969 g/mol. The van der Waals surface area contributed by atoms with Crippen molar-refractivity contribution >= 4 is 41.3 Å². The second-order valence-corrected chi connectivity index (χ2v) is 19.8. The van der Waals surface area contributed by atoms with Gasteiger partial charge >= 0.3 is 5.97 Å². The van der Waals surface area contributed by atoms with E-state index in [-0.39, 0.29) is 55.6 Å². The normalized spacial score (nSPS) is 16.8. The molecule has 2 fully saturated rings. The zero-order chi connectivity index (χ0) is 54.9. The standard InChI is InChI=1S/C42H56N2O7.C18H20N2O5/c1-8-10-21-43-39(45)27-50-34-15-13-14-32(25-34)37(20-19-31-18-17-28(3)29(4)23-31)51-42(47)36-16-11-12-22-44(36)41(46)35(9-2)33-24-30(5)40(49-7)38(26-33)48-6;1-2-4-11(21)10-25-15-6-3-5-12-13(15)9-20(18(12)24)14-7-8-16(22)19-17(14)23/h13-15,17-18,23-26,35-37H,8-12,16,19-22,27H2,1-7H3,(H,43,45);3,5-6,14H,2,4,7-10H2,1H3,(H,19,22,23)/t35-,36-,37?;/m0./s1. The Balaban J connectivity index is 0.000000311. The summed E-state index contributed by atoms with van der Waals surface area (Å²) in [7, 11) is 3.19. The first-order valence-electron chi connectivity index (χ1n) is 26.8. The number of rotatable bonds is 23. The summed E-state index contributed by atoms with van der Waals surface area (Å²) < 4.78 is 29.0. The van der Waals surface area contributed by atoms with Gasteiger partial charge in [-0.15, -0.1) is 0 Å². The van der Waals surface area contributed by atoms with Gasteiger partial charge < -0.3 is 38.8 Å². The minimum Gasteiger partial charge on any atom is -0.493 e. The molecule has 0 bridgehead atoms.